The van der Waals surface area contributed by atoms with Crippen molar-refractivity contribution in [1.82, 2.24) is 10.2 Å². The van der Waals surface area contributed by atoms with Crippen LogP contribution in [0.15, 0.2) is 0 Å². The molecule has 0 aromatic carbocycles. The molecule has 0 radical (unpaired) electrons. The smallest absolute Gasteiger partial charge is 0.321 e. The fourth-order valence-corrected chi connectivity index (χ4v) is 2.07. The zero-order valence-corrected chi connectivity index (χ0v) is 10.8. The van der Waals surface area contributed by atoms with Crippen LogP contribution in [0.4, 0.5) is 4.79 Å². The Bertz CT molecular complexity index is 279. The topological polar surface area (TPSA) is 49.4 Å². The molecule has 0 aromatic heterocycles. The van der Waals surface area contributed by atoms with Gasteiger partial charge in [-0.2, -0.15) is 0 Å². The van der Waals surface area contributed by atoms with E-state index in [0.717, 1.165) is 19.4 Å². The number of amides is 3. The molecule has 1 fully saturated rings. The lowest BCUT2D eigenvalue weighted by molar-refractivity contribution is -0.119. The Morgan fingerprint density at radius 1 is 1.38 bits per heavy atom. The number of hydrogen-bond acceptors (Lipinski definition) is 2. The number of imide groups is 1. The van der Waals surface area contributed by atoms with E-state index in [-0.39, 0.29) is 12.1 Å². The Hall–Kier alpha value is -0.770. The van der Waals surface area contributed by atoms with Crippen molar-refractivity contribution in [3.8, 4) is 0 Å². The third kappa shape index (κ3) is 3.11. The van der Waals surface area contributed by atoms with Crippen molar-refractivity contribution in [1.29, 1.82) is 0 Å². The minimum absolute atomic E-state index is 0.235. The average molecular weight is 247 g/mol. The molecule has 0 saturated carbocycles. The highest BCUT2D eigenvalue weighted by molar-refractivity contribution is 6.31. The monoisotopic (exact) mass is 246 g/mol. The second kappa shape index (κ2) is 5.53. The molecule has 0 bridgehead atoms. The highest BCUT2D eigenvalue weighted by Gasteiger charge is 2.31. The summed E-state index contributed by atoms with van der Waals surface area (Å²) >= 11 is 5.60. The van der Waals surface area contributed by atoms with Crippen LogP contribution in [0.3, 0.4) is 0 Å². The highest BCUT2D eigenvalue weighted by Crippen LogP contribution is 2.23. The predicted molar refractivity (Wildman–Crippen MR) is 63.4 cm³/mol. The first-order valence-corrected chi connectivity index (χ1v) is 6.12. The summed E-state index contributed by atoms with van der Waals surface area (Å²) in [6.07, 6.45) is 2.01. The Morgan fingerprint density at radius 3 is 2.50 bits per heavy atom. The molecule has 1 aliphatic rings. The van der Waals surface area contributed by atoms with Gasteiger partial charge in [-0.3, -0.25) is 10.1 Å². The zero-order chi connectivity index (χ0) is 12.3. The summed E-state index contributed by atoms with van der Waals surface area (Å²) in [6.45, 7) is 6.44. The predicted octanol–water partition coefficient (Wildman–Crippen LogP) is 1.97. The largest absolute Gasteiger partial charge is 0.324 e. The number of alkyl halides is 1. The summed E-state index contributed by atoms with van der Waals surface area (Å²) < 4.78 is 0. The minimum atomic E-state index is -0.677. The van der Waals surface area contributed by atoms with E-state index >= 15 is 0 Å². The van der Waals surface area contributed by atoms with Gasteiger partial charge in [-0.1, -0.05) is 13.8 Å². The molecular weight excluding hydrogens is 228 g/mol. The second-order valence-corrected chi connectivity index (χ2v) is 5.21. The van der Waals surface area contributed by atoms with Crippen LogP contribution in [-0.2, 0) is 4.79 Å². The zero-order valence-electron chi connectivity index (χ0n) is 10.00. The van der Waals surface area contributed by atoms with Crippen molar-refractivity contribution in [2.24, 2.45) is 5.92 Å². The van der Waals surface area contributed by atoms with E-state index in [1.165, 1.54) is 0 Å². The molecule has 1 aliphatic heterocycles. The van der Waals surface area contributed by atoms with Gasteiger partial charge in [-0.05, 0) is 25.7 Å². The first-order valence-electron chi connectivity index (χ1n) is 5.69. The molecule has 0 spiro atoms. The normalized spacial score (nSPS) is 22.3. The summed E-state index contributed by atoms with van der Waals surface area (Å²) in [4.78, 5) is 24.8. The van der Waals surface area contributed by atoms with Crippen LogP contribution in [0.5, 0.6) is 0 Å². The maximum absolute atomic E-state index is 11.8. The molecule has 1 rings (SSSR count). The fraction of sp³-hybridized carbons (Fsp3) is 0.818. The van der Waals surface area contributed by atoms with Crippen molar-refractivity contribution in [2.45, 2.75) is 45.0 Å². The number of nitrogens with one attached hydrogen (secondary N) is 1. The van der Waals surface area contributed by atoms with Crippen molar-refractivity contribution in [3.63, 3.8) is 0 Å². The Morgan fingerprint density at radius 2 is 2.00 bits per heavy atom. The van der Waals surface area contributed by atoms with E-state index in [1.807, 2.05) is 0 Å². The highest BCUT2D eigenvalue weighted by atomic mass is 35.5. The van der Waals surface area contributed by atoms with Crippen LogP contribution in [0.25, 0.3) is 0 Å². The van der Waals surface area contributed by atoms with Crippen LogP contribution in [-0.4, -0.2) is 34.8 Å². The van der Waals surface area contributed by atoms with Gasteiger partial charge in [0, 0.05) is 12.6 Å². The molecule has 3 amide bonds. The first kappa shape index (κ1) is 13.3. The lowest BCUT2D eigenvalue weighted by Crippen LogP contribution is -2.48. The third-order valence-electron chi connectivity index (χ3n) is 2.92. The molecule has 2 atom stereocenters. The van der Waals surface area contributed by atoms with Gasteiger partial charge in [0.2, 0.25) is 5.91 Å². The Balaban J connectivity index is 2.56. The number of nitrogens with zero attached hydrogens (tertiary/aromatic N) is 1. The number of halogens is 1. The van der Waals surface area contributed by atoms with Gasteiger partial charge < -0.3 is 4.90 Å². The van der Waals surface area contributed by atoms with Gasteiger partial charge in [0.05, 0.1) is 0 Å². The van der Waals surface area contributed by atoms with Gasteiger partial charge in [0.15, 0.2) is 0 Å². The fourth-order valence-electron chi connectivity index (χ4n) is 2.01. The summed E-state index contributed by atoms with van der Waals surface area (Å²) in [6, 6.07) is -0.0767. The number of carbonyl (C=O) groups is 2. The minimum Gasteiger partial charge on any atom is -0.321 e. The molecule has 5 heteroatoms. The summed E-state index contributed by atoms with van der Waals surface area (Å²) in [5.41, 5.74) is 0. The average Bonchev–Trinajstić information content (AvgIpc) is 2.65. The maximum atomic E-state index is 11.8. The van der Waals surface area contributed by atoms with E-state index in [0.29, 0.717) is 5.92 Å². The van der Waals surface area contributed by atoms with E-state index in [2.05, 4.69) is 19.2 Å². The lowest BCUT2D eigenvalue weighted by Gasteiger charge is -2.27. The molecule has 2 unspecified atom stereocenters. The number of likely N-dealkylation sites (tertiary alicyclic amines) is 1. The standard InChI is InChI=1S/C11H19ClN2O2/c1-7(2)9-5-4-6-14(9)11(16)13-10(15)8(3)12/h7-9H,4-6H2,1-3H3,(H,13,15,16). The molecule has 1 saturated heterocycles. The SMILES string of the molecule is CC(Cl)C(=O)NC(=O)N1CCCC1C(C)C. The first-order chi connectivity index (χ1) is 7.43. The third-order valence-corrected chi connectivity index (χ3v) is 3.12. The van der Waals surface area contributed by atoms with E-state index in [4.69, 9.17) is 11.6 Å². The molecule has 0 aliphatic carbocycles. The lowest BCUT2D eigenvalue weighted by atomic mass is 10.0. The maximum Gasteiger partial charge on any atom is 0.324 e. The molecule has 92 valence electrons. The second-order valence-electron chi connectivity index (χ2n) is 4.56. The van der Waals surface area contributed by atoms with Gasteiger partial charge >= 0.3 is 6.03 Å². The van der Waals surface area contributed by atoms with E-state index < -0.39 is 11.3 Å². The van der Waals surface area contributed by atoms with Gasteiger partial charge in [-0.15, -0.1) is 11.6 Å². The van der Waals surface area contributed by atoms with Crippen LogP contribution in [0, 0.1) is 5.92 Å². The van der Waals surface area contributed by atoms with E-state index in [1.54, 1.807) is 11.8 Å². The number of urea groups is 1. The summed E-state index contributed by atoms with van der Waals surface area (Å²) in [5, 5.41) is 1.65. The summed E-state index contributed by atoms with van der Waals surface area (Å²) in [5.74, 6) is -0.0159. The van der Waals surface area contributed by atoms with Gasteiger partial charge in [0.25, 0.3) is 0 Å². The van der Waals surface area contributed by atoms with Crippen LogP contribution >= 0.6 is 11.6 Å². The number of carbonyl (C=O) groups excluding carboxylic acids is 2. The van der Waals surface area contributed by atoms with Crippen molar-refractivity contribution >= 4 is 23.5 Å². The van der Waals surface area contributed by atoms with Gasteiger partial charge in [-0.25, -0.2) is 4.79 Å². The van der Waals surface area contributed by atoms with Crippen LogP contribution in [0.1, 0.15) is 33.6 Å². The molecule has 1 heterocycles. The molecule has 16 heavy (non-hydrogen) atoms. The van der Waals surface area contributed by atoms with Crippen LogP contribution in [0.2, 0.25) is 0 Å². The molecule has 0 aromatic rings. The van der Waals surface area contributed by atoms with Crippen molar-refractivity contribution in [3.05, 3.63) is 0 Å². The summed E-state index contributed by atoms with van der Waals surface area (Å²) in [7, 11) is 0. The number of hydrogen-bond donors (Lipinski definition) is 1. The van der Waals surface area contributed by atoms with Crippen LogP contribution < -0.4 is 5.32 Å². The number of rotatable bonds is 2. The molecular formula is C11H19ClN2O2. The Labute approximate surface area is 101 Å². The van der Waals surface area contributed by atoms with Crippen molar-refractivity contribution in [2.75, 3.05) is 6.54 Å². The molecule has 1 N–H and O–H groups in total. The molecule has 4 nitrogen and oxygen atoms in total. The Kier molecular flexibility index (Phi) is 4.59. The quantitative estimate of drug-likeness (QED) is 0.758. The van der Waals surface area contributed by atoms with E-state index in [9.17, 15) is 9.59 Å². The van der Waals surface area contributed by atoms with Crippen molar-refractivity contribution < 1.29 is 9.59 Å². The van der Waals surface area contributed by atoms with Gasteiger partial charge in [0.1, 0.15) is 5.38 Å².